The average molecular weight is 241 g/mol. The molecule has 1 heterocycles. The van der Waals surface area contributed by atoms with Gasteiger partial charge in [0, 0.05) is 12.4 Å². The van der Waals surface area contributed by atoms with Gasteiger partial charge in [0.25, 0.3) is 0 Å². The molecule has 0 saturated heterocycles. The molecule has 1 aromatic heterocycles. The molecule has 90 valence electrons. The predicted molar refractivity (Wildman–Crippen MR) is 66.3 cm³/mol. The molecular weight excluding hydrogens is 222 g/mol. The van der Waals surface area contributed by atoms with E-state index in [-0.39, 0.29) is 5.91 Å². The lowest BCUT2D eigenvalue weighted by atomic mass is 10.0. The van der Waals surface area contributed by atoms with E-state index in [9.17, 15) is 4.79 Å². The van der Waals surface area contributed by atoms with Crippen LogP contribution in [0, 0.1) is 0 Å². The zero-order valence-corrected chi connectivity index (χ0v) is 11.1. The molecule has 0 unspecified atom stereocenters. The number of hydrogen-bond donors (Lipinski definition) is 1. The van der Waals surface area contributed by atoms with Gasteiger partial charge in [-0.05, 0) is 20.4 Å². The molecule has 0 aromatic carbocycles. The number of likely N-dealkylation sites (N-methyl/N-ethyl adjacent to an activating group) is 2. The van der Waals surface area contributed by atoms with Crippen LogP contribution in [0.4, 0.5) is 0 Å². The fourth-order valence-electron chi connectivity index (χ4n) is 1.63. The van der Waals surface area contributed by atoms with Crippen LogP contribution >= 0.6 is 11.3 Å². The summed E-state index contributed by atoms with van der Waals surface area (Å²) in [4.78, 5) is 18.0. The van der Waals surface area contributed by atoms with E-state index in [1.165, 1.54) is 0 Å². The topological polar surface area (TPSA) is 45.2 Å². The minimum atomic E-state index is -0.514. The monoisotopic (exact) mass is 241 g/mol. The first-order valence-corrected chi connectivity index (χ1v) is 6.29. The maximum atomic E-state index is 12.1. The van der Waals surface area contributed by atoms with Crippen LogP contribution in [0.25, 0.3) is 0 Å². The van der Waals surface area contributed by atoms with Gasteiger partial charge < -0.3 is 10.2 Å². The van der Waals surface area contributed by atoms with E-state index in [0.717, 1.165) is 12.2 Å². The van der Waals surface area contributed by atoms with Crippen molar-refractivity contribution in [3.8, 4) is 0 Å². The third-order valence-corrected chi connectivity index (χ3v) is 3.02. The van der Waals surface area contributed by atoms with Gasteiger partial charge in [0.05, 0.1) is 23.3 Å². The summed E-state index contributed by atoms with van der Waals surface area (Å²) in [5.74, 6) is 0.0855. The molecule has 5 heteroatoms. The Morgan fingerprint density at radius 3 is 2.81 bits per heavy atom. The number of amides is 1. The number of nitrogens with zero attached hydrogens (tertiary/aromatic N) is 2. The number of carbonyl (C=O) groups excluding carboxylic acids is 1. The second-order valence-electron chi connectivity index (χ2n) is 4.30. The van der Waals surface area contributed by atoms with E-state index < -0.39 is 5.54 Å². The number of aromatic nitrogens is 1. The lowest BCUT2D eigenvalue weighted by molar-refractivity contribution is -0.136. The maximum absolute atomic E-state index is 12.1. The average Bonchev–Trinajstić information content (AvgIpc) is 2.69. The van der Waals surface area contributed by atoms with Gasteiger partial charge in [0.15, 0.2) is 0 Å². The number of hydrogen-bond acceptors (Lipinski definition) is 4. The largest absolute Gasteiger partial charge is 0.338 e. The zero-order valence-electron chi connectivity index (χ0n) is 10.3. The predicted octanol–water partition coefficient (Wildman–Crippen LogP) is 1.49. The fourth-order valence-corrected chi connectivity index (χ4v) is 2.17. The van der Waals surface area contributed by atoms with Crippen molar-refractivity contribution in [2.75, 3.05) is 13.6 Å². The molecule has 0 bridgehead atoms. The summed E-state index contributed by atoms with van der Waals surface area (Å²) >= 11 is 1.55. The number of carbonyl (C=O) groups is 1. The first kappa shape index (κ1) is 13.1. The SMILES string of the molecule is CCNC(C)(C)C(=O)N(C)Cc1cscn1. The first-order valence-electron chi connectivity index (χ1n) is 5.35. The Kier molecular flexibility index (Phi) is 4.44. The van der Waals surface area contributed by atoms with Crippen LogP contribution in [0.5, 0.6) is 0 Å². The van der Waals surface area contributed by atoms with Gasteiger partial charge in [0.1, 0.15) is 0 Å². The summed E-state index contributed by atoms with van der Waals surface area (Å²) in [6.07, 6.45) is 0. The quantitative estimate of drug-likeness (QED) is 0.849. The van der Waals surface area contributed by atoms with Crippen LogP contribution in [0.1, 0.15) is 26.5 Å². The highest BCUT2D eigenvalue weighted by Gasteiger charge is 2.29. The van der Waals surface area contributed by atoms with Crippen LogP contribution in [0.15, 0.2) is 10.9 Å². The van der Waals surface area contributed by atoms with Crippen LogP contribution in [-0.4, -0.2) is 34.9 Å². The minimum absolute atomic E-state index is 0.0855. The fraction of sp³-hybridized carbons (Fsp3) is 0.636. The summed E-state index contributed by atoms with van der Waals surface area (Å²) in [6.45, 7) is 7.14. The Bertz CT molecular complexity index is 335. The van der Waals surface area contributed by atoms with E-state index >= 15 is 0 Å². The van der Waals surface area contributed by atoms with Crippen molar-refractivity contribution in [3.05, 3.63) is 16.6 Å². The van der Waals surface area contributed by atoms with Crippen molar-refractivity contribution in [3.63, 3.8) is 0 Å². The van der Waals surface area contributed by atoms with E-state index in [2.05, 4.69) is 10.3 Å². The Balaban J connectivity index is 2.60. The van der Waals surface area contributed by atoms with Crippen molar-refractivity contribution >= 4 is 17.2 Å². The van der Waals surface area contributed by atoms with E-state index in [1.54, 1.807) is 28.8 Å². The van der Waals surface area contributed by atoms with Gasteiger partial charge >= 0.3 is 0 Å². The Morgan fingerprint density at radius 1 is 1.62 bits per heavy atom. The highest BCUT2D eigenvalue weighted by Crippen LogP contribution is 2.10. The highest BCUT2D eigenvalue weighted by molar-refractivity contribution is 7.07. The molecule has 0 aliphatic heterocycles. The van der Waals surface area contributed by atoms with Crippen LogP contribution in [0.2, 0.25) is 0 Å². The van der Waals surface area contributed by atoms with Gasteiger partial charge in [-0.2, -0.15) is 0 Å². The van der Waals surface area contributed by atoms with E-state index in [1.807, 2.05) is 26.2 Å². The lowest BCUT2D eigenvalue weighted by Crippen LogP contribution is -2.52. The van der Waals surface area contributed by atoms with E-state index in [4.69, 9.17) is 0 Å². The van der Waals surface area contributed by atoms with Crippen molar-refractivity contribution < 1.29 is 4.79 Å². The smallest absolute Gasteiger partial charge is 0.242 e. The summed E-state index contributed by atoms with van der Waals surface area (Å²) < 4.78 is 0. The van der Waals surface area contributed by atoms with Gasteiger partial charge in [-0.25, -0.2) is 4.98 Å². The molecule has 0 radical (unpaired) electrons. The minimum Gasteiger partial charge on any atom is -0.338 e. The molecule has 0 aliphatic carbocycles. The van der Waals surface area contributed by atoms with Gasteiger partial charge in [-0.3, -0.25) is 4.79 Å². The molecule has 1 N–H and O–H groups in total. The van der Waals surface area contributed by atoms with Gasteiger partial charge in [0.2, 0.25) is 5.91 Å². The molecule has 1 rings (SSSR count). The summed E-state index contributed by atoms with van der Waals surface area (Å²) in [6, 6.07) is 0. The number of nitrogens with one attached hydrogen (secondary N) is 1. The number of thiazole rings is 1. The number of rotatable bonds is 5. The van der Waals surface area contributed by atoms with Crippen LogP contribution < -0.4 is 5.32 Å². The molecule has 0 fully saturated rings. The second kappa shape index (κ2) is 5.41. The normalized spacial score (nSPS) is 11.5. The third kappa shape index (κ3) is 3.28. The summed E-state index contributed by atoms with van der Waals surface area (Å²) in [7, 11) is 1.81. The Labute approximate surface area is 101 Å². The van der Waals surface area contributed by atoms with Crippen molar-refractivity contribution in [1.29, 1.82) is 0 Å². The zero-order chi connectivity index (χ0) is 12.2. The van der Waals surface area contributed by atoms with Crippen molar-refractivity contribution in [2.24, 2.45) is 0 Å². The molecule has 0 atom stereocenters. The van der Waals surface area contributed by atoms with Crippen LogP contribution in [0.3, 0.4) is 0 Å². The Morgan fingerprint density at radius 2 is 2.31 bits per heavy atom. The van der Waals surface area contributed by atoms with Gasteiger partial charge in [-0.15, -0.1) is 11.3 Å². The molecule has 0 saturated carbocycles. The third-order valence-electron chi connectivity index (χ3n) is 2.38. The standard InChI is InChI=1S/C11H19N3OS/c1-5-13-11(2,3)10(15)14(4)6-9-7-16-8-12-9/h7-8,13H,5-6H2,1-4H3. The molecule has 4 nitrogen and oxygen atoms in total. The Hall–Kier alpha value is -0.940. The molecule has 1 amide bonds. The van der Waals surface area contributed by atoms with Crippen molar-refractivity contribution in [2.45, 2.75) is 32.9 Å². The first-order chi connectivity index (χ1) is 7.47. The lowest BCUT2D eigenvalue weighted by Gasteiger charge is -2.29. The maximum Gasteiger partial charge on any atom is 0.242 e. The molecule has 1 aromatic rings. The molecule has 0 aliphatic rings. The highest BCUT2D eigenvalue weighted by atomic mass is 32.1. The molecule has 16 heavy (non-hydrogen) atoms. The van der Waals surface area contributed by atoms with Gasteiger partial charge in [-0.1, -0.05) is 6.92 Å². The molecular formula is C11H19N3OS. The van der Waals surface area contributed by atoms with Crippen molar-refractivity contribution in [1.82, 2.24) is 15.2 Å². The second-order valence-corrected chi connectivity index (χ2v) is 5.02. The molecule has 0 spiro atoms. The van der Waals surface area contributed by atoms with E-state index in [0.29, 0.717) is 6.54 Å². The summed E-state index contributed by atoms with van der Waals surface area (Å²) in [5, 5.41) is 5.14. The van der Waals surface area contributed by atoms with Crippen LogP contribution in [-0.2, 0) is 11.3 Å². The summed E-state index contributed by atoms with van der Waals surface area (Å²) in [5.41, 5.74) is 2.20.